The zero-order valence-electron chi connectivity index (χ0n) is 18.5. The van der Waals surface area contributed by atoms with Crippen LogP contribution in [0.25, 0.3) is 5.82 Å². The first kappa shape index (κ1) is 22.0. The van der Waals surface area contributed by atoms with Crippen molar-refractivity contribution in [2.24, 2.45) is 0 Å². The van der Waals surface area contributed by atoms with Crippen LogP contribution in [-0.4, -0.2) is 33.9 Å². The molecular formula is C26H22N2O5. The number of nitrogens with zero attached hydrogens (tertiary/aromatic N) is 2. The maximum Gasteiger partial charge on any atom is 0.339 e. The SMILES string of the molecule is Cc1cc(-n2c(C)cc(C(=O)COC(=O)c3ccccc3C(=O)c3ccccc3)c2C)no1. The Labute approximate surface area is 190 Å². The third-order valence-corrected chi connectivity index (χ3v) is 5.34. The molecule has 2 aromatic heterocycles. The lowest BCUT2D eigenvalue weighted by Gasteiger charge is -2.09. The lowest BCUT2D eigenvalue weighted by atomic mass is 9.98. The van der Waals surface area contributed by atoms with E-state index in [4.69, 9.17) is 9.26 Å². The van der Waals surface area contributed by atoms with Crippen molar-refractivity contribution >= 4 is 17.5 Å². The number of benzene rings is 2. The second-order valence-corrected chi connectivity index (χ2v) is 7.66. The Morgan fingerprint density at radius 3 is 2.21 bits per heavy atom. The van der Waals surface area contributed by atoms with Crippen LogP contribution in [0.2, 0.25) is 0 Å². The van der Waals surface area contributed by atoms with E-state index in [1.165, 1.54) is 6.07 Å². The van der Waals surface area contributed by atoms with Crippen LogP contribution < -0.4 is 0 Å². The van der Waals surface area contributed by atoms with E-state index >= 15 is 0 Å². The van der Waals surface area contributed by atoms with Crippen LogP contribution in [0.5, 0.6) is 0 Å². The number of hydrogen-bond donors (Lipinski definition) is 0. The molecule has 7 nitrogen and oxygen atoms in total. The highest BCUT2D eigenvalue weighted by atomic mass is 16.5. The molecule has 0 aliphatic heterocycles. The molecule has 33 heavy (non-hydrogen) atoms. The molecule has 2 heterocycles. The fourth-order valence-electron chi connectivity index (χ4n) is 3.75. The van der Waals surface area contributed by atoms with Gasteiger partial charge in [-0.1, -0.05) is 53.7 Å². The normalized spacial score (nSPS) is 10.8. The molecule has 0 N–H and O–H groups in total. The summed E-state index contributed by atoms with van der Waals surface area (Å²) in [7, 11) is 0. The lowest BCUT2D eigenvalue weighted by molar-refractivity contribution is 0.0472. The molecule has 0 fully saturated rings. The van der Waals surface area contributed by atoms with Gasteiger partial charge in [-0.2, -0.15) is 0 Å². The molecule has 0 bridgehead atoms. The largest absolute Gasteiger partial charge is 0.454 e. The van der Waals surface area contributed by atoms with Gasteiger partial charge >= 0.3 is 5.97 Å². The van der Waals surface area contributed by atoms with Gasteiger partial charge in [-0.15, -0.1) is 0 Å². The lowest BCUT2D eigenvalue weighted by Crippen LogP contribution is -2.17. The van der Waals surface area contributed by atoms with E-state index in [9.17, 15) is 14.4 Å². The van der Waals surface area contributed by atoms with Crippen LogP contribution in [0, 0.1) is 20.8 Å². The maximum absolute atomic E-state index is 12.9. The zero-order chi connectivity index (χ0) is 23.5. The number of ether oxygens (including phenoxy) is 1. The van der Waals surface area contributed by atoms with Gasteiger partial charge in [0.1, 0.15) is 5.76 Å². The minimum Gasteiger partial charge on any atom is -0.454 e. The van der Waals surface area contributed by atoms with Gasteiger partial charge in [0.25, 0.3) is 0 Å². The molecule has 0 atom stereocenters. The number of esters is 1. The van der Waals surface area contributed by atoms with Crippen LogP contribution in [0.15, 0.2) is 71.3 Å². The summed E-state index contributed by atoms with van der Waals surface area (Å²) in [5.74, 6) is -0.144. The van der Waals surface area contributed by atoms with Gasteiger partial charge in [0.2, 0.25) is 5.78 Å². The van der Waals surface area contributed by atoms with E-state index in [1.807, 2.05) is 13.0 Å². The van der Waals surface area contributed by atoms with Crippen molar-refractivity contribution in [2.75, 3.05) is 6.61 Å². The molecule has 0 saturated heterocycles. The van der Waals surface area contributed by atoms with Crippen LogP contribution >= 0.6 is 0 Å². The summed E-state index contributed by atoms with van der Waals surface area (Å²) in [6, 6.07) is 18.6. The highest BCUT2D eigenvalue weighted by Crippen LogP contribution is 2.22. The Bertz CT molecular complexity index is 1350. The zero-order valence-corrected chi connectivity index (χ0v) is 18.5. The number of carbonyl (C=O) groups is 3. The Hall–Kier alpha value is -4.26. The molecular weight excluding hydrogens is 420 g/mol. The molecule has 7 heteroatoms. The summed E-state index contributed by atoms with van der Waals surface area (Å²) < 4.78 is 12.2. The average Bonchev–Trinajstić information content (AvgIpc) is 3.38. The molecule has 0 unspecified atom stereocenters. The molecule has 4 rings (SSSR count). The maximum atomic E-state index is 12.9. The van der Waals surface area contributed by atoms with Crippen molar-refractivity contribution < 1.29 is 23.6 Å². The predicted octanol–water partition coefficient (Wildman–Crippen LogP) is 4.66. The van der Waals surface area contributed by atoms with E-state index in [1.54, 1.807) is 73.0 Å². The summed E-state index contributed by atoms with van der Waals surface area (Å²) >= 11 is 0. The molecule has 2 aromatic carbocycles. The molecule has 4 aromatic rings. The molecule has 0 spiro atoms. The van der Waals surface area contributed by atoms with Crippen molar-refractivity contribution in [1.29, 1.82) is 0 Å². The Morgan fingerprint density at radius 1 is 0.879 bits per heavy atom. The first-order valence-electron chi connectivity index (χ1n) is 10.4. The van der Waals surface area contributed by atoms with E-state index in [0.29, 0.717) is 28.4 Å². The number of aromatic nitrogens is 2. The molecule has 0 radical (unpaired) electrons. The summed E-state index contributed by atoms with van der Waals surface area (Å²) in [5, 5.41) is 4.00. The van der Waals surface area contributed by atoms with E-state index in [-0.39, 0.29) is 22.7 Å². The molecule has 0 saturated carbocycles. The van der Waals surface area contributed by atoms with Crippen molar-refractivity contribution in [3.05, 3.63) is 106 Å². The quantitative estimate of drug-likeness (QED) is 0.305. The summed E-state index contributed by atoms with van der Waals surface area (Å²) in [5.41, 5.74) is 2.69. The number of Topliss-reactive ketones (excluding diaryl/α,β-unsaturated/α-hetero) is 1. The topological polar surface area (TPSA) is 91.4 Å². The Morgan fingerprint density at radius 2 is 1.55 bits per heavy atom. The molecule has 0 amide bonds. The van der Waals surface area contributed by atoms with Crippen molar-refractivity contribution in [3.63, 3.8) is 0 Å². The standard InChI is InChI=1S/C26H22N2O5/c1-16-13-22(18(3)28(16)24-14-17(2)33-27-24)23(29)15-32-26(31)21-12-8-7-11-20(21)25(30)19-9-5-4-6-10-19/h4-14H,15H2,1-3H3. The van der Waals surface area contributed by atoms with E-state index in [2.05, 4.69) is 5.16 Å². The number of rotatable bonds is 7. The molecule has 0 aliphatic rings. The Balaban J connectivity index is 1.52. The van der Waals surface area contributed by atoms with Crippen molar-refractivity contribution in [1.82, 2.24) is 9.72 Å². The summed E-state index contributed by atoms with van der Waals surface area (Å²) in [6.07, 6.45) is 0. The number of carbonyl (C=O) groups excluding carboxylic acids is 3. The minimum absolute atomic E-state index is 0.114. The monoisotopic (exact) mass is 442 g/mol. The number of aryl methyl sites for hydroxylation is 2. The number of hydrogen-bond acceptors (Lipinski definition) is 6. The van der Waals surface area contributed by atoms with Gasteiger partial charge in [0.05, 0.1) is 5.56 Å². The predicted molar refractivity (Wildman–Crippen MR) is 121 cm³/mol. The Kier molecular flexibility index (Phi) is 6.04. The summed E-state index contributed by atoms with van der Waals surface area (Å²) in [6.45, 7) is 4.98. The van der Waals surface area contributed by atoms with Crippen molar-refractivity contribution in [2.45, 2.75) is 20.8 Å². The van der Waals surface area contributed by atoms with Crippen LogP contribution in [0.3, 0.4) is 0 Å². The first-order chi connectivity index (χ1) is 15.9. The van der Waals surface area contributed by atoms with Gasteiger partial charge in [-0.3, -0.25) is 14.2 Å². The average molecular weight is 442 g/mol. The third-order valence-electron chi connectivity index (χ3n) is 5.34. The van der Waals surface area contributed by atoms with Crippen LogP contribution in [0.1, 0.15) is 53.8 Å². The number of ketones is 2. The van der Waals surface area contributed by atoms with Crippen LogP contribution in [-0.2, 0) is 4.74 Å². The molecule has 166 valence electrons. The smallest absolute Gasteiger partial charge is 0.339 e. The van der Waals surface area contributed by atoms with E-state index in [0.717, 1.165) is 5.69 Å². The van der Waals surface area contributed by atoms with Gasteiger partial charge < -0.3 is 9.26 Å². The fourth-order valence-corrected chi connectivity index (χ4v) is 3.75. The third kappa shape index (κ3) is 4.39. The van der Waals surface area contributed by atoms with Gasteiger partial charge in [-0.05, 0) is 32.9 Å². The highest BCUT2D eigenvalue weighted by molar-refractivity contribution is 6.14. The highest BCUT2D eigenvalue weighted by Gasteiger charge is 2.22. The first-order valence-corrected chi connectivity index (χ1v) is 10.4. The second-order valence-electron chi connectivity index (χ2n) is 7.66. The van der Waals surface area contributed by atoms with E-state index < -0.39 is 12.6 Å². The van der Waals surface area contributed by atoms with Gasteiger partial charge in [-0.25, -0.2) is 4.79 Å². The molecule has 0 aliphatic carbocycles. The van der Waals surface area contributed by atoms with Gasteiger partial charge in [0.15, 0.2) is 18.2 Å². The minimum atomic E-state index is -0.732. The van der Waals surface area contributed by atoms with Crippen LogP contribution in [0.4, 0.5) is 0 Å². The second kappa shape index (κ2) is 9.08. The summed E-state index contributed by atoms with van der Waals surface area (Å²) in [4.78, 5) is 38.5. The fraction of sp³-hybridized carbons (Fsp3) is 0.154. The van der Waals surface area contributed by atoms with Gasteiger partial charge in [0, 0.05) is 34.1 Å². The van der Waals surface area contributed by atoms with Crippen molar-refractivity contribution in [3.8, 4) is 5.82 Å².